The third kappa shape index (κ3) is 3.41. The van der Waals surface area contributed by atoms with Crippen molar-refractivity contribution >= 4 is 5.91 Å². The average molecular weight is 220 g/mol. The predicted octanol–water partition coefficient (Wildman–Crippen LogP) is 1.10. The van der Waals surface area contributed by atoms with E-state index < -0.39 is 11.8 Å². The second kappa shape index (κ2) is 4.88. The third-order valence-electron chi connectivity index (χ3n) is 2.82. The summed E-state index contributed by atoms with van der Waals surface area (Å²) in [5.41, 5.74) is 0. The molecule has 1 unspecified atom stereocenters. The van der Waals surface area contributed by atoms with E-state index in [0.29, 0.717) is 19.4 Å². The summed E-state index contributed by atoms with van der Waals surface area (Å²) in [7, 11) is 1.67. The number of alkyl halides is 2. The molecule has 1 heterocycles. The highest BCUT2D eigenvalue weighted by Gasteiger charge is 2.37. The second-order valence-electron chi connectivity index (χ2n) is 4.17. The Hall–Kier alpha value is -0.710. The lowest BCUT2D eigenvalue weighted by Gasteiger charge is -2.35. The molecular formula is C10H18F2N2O. The van der Waals surface area contributed by atoms with Crippen molar-refractivity contribution in [1.29, 1.82) is 0 Å². The Balaban J connectivity index is 2.52. The van der Waals surface area contributed by atoms with Crippen LogP contribution in [0.15, 0.2) is 0 Å². The molecule has 1 amide bonds. The number of hydrogen-bond donors (Lipinski definition) is 1. The molecule has 0 bridgehead atoms. The van der Waals surface area contributed by atoms with Crippen molar-refractivity contribution in [3.63, 3.8) is 0 Å². The van der Waals surface area contributed by atoms with Crippen LogP contribution in [-0.2, 0) is 4.79 Å². The second-order valence-corrected chi connectivity index (χ2v) is 4.17. The monoisotopic (exact) mass is 220 g/mol. The number of carbonyl (C=O) groups excluding carboxylic acids is 1. The Kier molecular flexibility index (Phi) is 4.02. The van der Waals surface area contributed by atoms with Crippen LogP contribution < -0.4 is 5.32 Å². The molecule has 1 atom stereocenters. The summed E-state index contributed by atoms with van der Waals surface area (Å²) in [5.74, 6) is -3.46. The zero-order valence-corrected chi connectivity index (χ0v) is 9.22. The van der Waals surface area contributed by atoms with Crippen LogP contribution in [0.4, 0.5) is 8.78 Å². The van der Waals surface area contributed by atoms with Gasteiger partial charge in [0.15, 0.2) is 0 Å². The molecule has 1 saturated heterocycles. The number of nitrogens with zero attached hydrogens (tertiary/aromatic N) is 1. The highest BCUT2D eigenvalue weighted by Crippen LogP contribution is 2.31. The predicted molar refractivity (Wildman–Crippen MR) is 53.9 cm³/mol. The SMILES string of the molecule is CNCC(=O)N1CCCC(C(C)(F)F)C1. The molecule has 1 aliphatic heterocycles. The molecule has 1 fully saturated rings. The lowest BCUT2D eigenvalue weighted by Crippen LogP contribution is -2.47. The fourth-order valence-corrected chi connectivity index (χ4v) is 1.88. The molecule has 88 valence electrons. The molecule has 0 saturated carbocycles. The summed E-state index contributed by atoms with van der Waals surface area (Å²) in [6.45, 7) is 1.95. The van der Waals surface area contributed by atoms with Gasteiger partial charge in [0.1, 0.15) is 0 Å². The van der Waals surface area contributed by atoms with Crippen molar-refractivity contribution in [1.82, 2.24) is 10.2 Å². The lowest BCUT2D eigenvalue weighted by atomic mass is 9.92. The van der Waals surface area contributed by atoms with Gasteiger partial charge in [-0.3, -0.25) is 4.79 Å². The number of piperidine rings is 1. The summed E-state index contributed by atoms with van der Waals surface area (Å²) in [4.78, 5) is 13.0. The highest BCUT2D eigenvalue weighted by atomic mass is 19.3. The fourth-order valence-electron chi connectivity index (χ4n) is 1.88. The number of halogens is 2. The molecule has 0 aromatic heterocycles. The normalized spacial score (nSPS) is 22.9. The lowest BCUT2D eigenvalue weighted by molar-refractivity contribution is -0.136. The van der Waals surface area contributed by atoms with Crippen LogP contribution in [0.5, 0.6) is 0 Å². The fraction of sp³-hybridized carbons (Fsp3) is 0.900. The Morgan fingerprint density at radius 3 is 2.80 bits per heavy atom. The minimum atomic E-state index is -2.68. The molecular weight excluding hydrogens is 202 g/mol. The summed E-state index contributed by atoms with van der Waals surface area (Å²) >= 11 is 0. The van der Waals surface area contributed by atoms with Gasteiger partial charge in [0.2, 0.25) is 11.8 Å². The summed E-state index contributed by atoms with van der Waals surface area (Å²) in [5, 5.41) is 2.74. The number of hydrogen-bond acceptors (Lipinski definition) is 2. The molecule has 0 aromatic rings. The van der Waals surface area contributed by atoms with Gasteiger partial charge in [-0.2, -0.15) is 0 Å². The molecule has 0 aliphatic carbocycles. The molecule has 3 nitrogen and oxygen atoms in total. The van der Waals surface area contributed by atoms with Gasteiger partial charge in [-0.15, -0.1) is 0 Å². The maximum absolute atomic E-state index is 13.1. The van der Waals surface area contributed by atoms with Crippen LogP contribution in [0.3, 0.4) is 0 Å². The van der Waals surface area contributed by atoms with Crippen molar-refractivity contribution in [3.05, 3.63) is 0 Å². The summed E-state index contributed by atoms with van der Waals surface area (Å²) in [6.07, 6.45) is 1.18. The van der Waals surface area contributed by atoms with Crippen molar-refractivity contribution in [2.45, 2.75) is 25.7 Å². The van der Waals surface area contributed by atoms with Gasteiger partial charge in [-0.1, -0.05) is 0 Å². The van der Waals surface area contributed by atoms with E-state index in [1.54, 1.807) is 7.05 Å². The van der Waals surface area contributed by atoms with Gasteiger partial charge in [-0.25, -0.2) is 8.78 Å². The van der Waals surface area contributed by atoms with E-state index in [1.165, 1.54) is 4.90 Å². The number of likely N-dealkylation sites (N-methyl/N-ethyl adjacent to an activating group) is 1. The van der Waals surface area contributed by atoms with E-state index in [9.17, 15) is 13.6 Å². The largest absolute Gasteiger partial charge is 0.341 e. The molecule has 1 aliphatic rings. The van der Waals surface area contributed by atoms with Crippen molar-refractivity contribution in [2.24, 2.45) is 5.92 Å². The van der Waals surface area contributed by atoms with Crippen molar-refractivity contribution in [3.8, 4) is 0 Å². The maximum Gasteiger partial charge on any atom is 0.249 e. The van der Waals surface area contributed by atoms with Gasteiger partial charge in [-0.05, 0) is 26.8 Å². The first-order chi connectivity index (χ1) is 6.95. The topological polar surface area (TPSA) is 32.3 Å². The van der Waals surface area contributed by atoms with Gasteiger partial charge in [0, 0.05) is 19.0 Å². The summed E-state index contributed by atoms with van der Waals surface area (Å²) < 4.78 is 26.2. The first-order valence-electron chi connectivity index (χ1n) is 5.25. The van der Waals surface area contributed by atoms with Crippen LogP contribution in [0, 0.1) is 5.92 Å². The zero-order valence-electron chi connectivity index (χ0n) is 9.22. The van der Waals surface area contributed by atoms with Crippen LogP contribution in [0.1, 0.15) is 19.8 Å². The van der Waals surface area contributed by atoms with Crippen LogP contribution in [0.25, 0.3) is 0 Å². The van der Waals surface area contributed by atoms with Crippen molar-refractivity contribution in [2.75, 3.05) is 26.7 Å². The molecule has 0 aromatic carbocycles. The quantitative estimate of drug-likeness (QED) is 0.772. The zero-order chi connectivity index (χ0) is 11.5. The van der Waals surface area contributed by atoms with Crippen LogP contribution >= 0.6 is 0 Å². The highest BCUT2D eigenvalue weighted by molar-refractivity contribution is 5.78. The summed E-state index contributed by atoms with van der Waals surface area (Å²) in [6, 6.07) is 0. The Morgan fingerprint density at radius 2 is 2.27 bits per heavy atom. The van der Waals surface area contributed by atoms with Crippen LogP contribution in [0.2, 0.25) is 0 Å². The number of nitrogens with one attached hydrogen (secondary N) is 1. The minimum Gasteiger partial charge on any atom is -0.341 e. The molecule has 0 spiro atoms. The third-order valence-corrected chi connectivity index (χ3v) is 2.82. The van der Waals surface area contributed by atoms with E-state index >= 15 is 0 Å². The Bertz CT molecular complexity index is 228. The van der Waals surface area contributed by atoms with Crippen molar-refractivity contribution < 1.29 is 13.6 Å². The van der Waals surface area contributed by atoms with E-state index in [2.05, 4.69) is 5.32 Å². The van der Waals surface area contributed by atoms with Gasteiger partial charge in [0.05, 0.1) is 6.54 Å². The Labute approximate surface area is 88.8 Å². The van der Waals surface area contributed by atoms with E-state index in [-0.39, 0.29) is 19.0 Å². The maximum atomic E-state index is 13.1. The first kappa shape index (κ1) is 12.4. The van der Waals surface area contributed by atoms with E-state index in [1.807, 2.05) is 0 Å². The molecule has 15 heavy (non-hydrogen) atoms. The first-order valence-corrected chi connectivity index (χ1v) is 5.25. The average Bonchev–Trinajstić information content (AvgIpc) is 2.17. The minimum absolute atomic E-state index is 0.0912. The molecule has 0 radical (unpaired) electrons. The van der Waals surface area contributed by atoms with Crippen LogP contribution in [-0.4, -0.2) is 43.4 Å². The smallest absolute Gasteiger partial charge is 0.249 e. The molecule has 1 rings (SSSR count). The van der Waals surface area contributed by atoms with Gasteiger partial charge in [0.25, 0.3) is 0 Å². The number of likely N-dealkylation sites (tertiary alicyclic amines) is 1. The van der Waals surface area contributed by atoms with E-state index in [0.717, 1.165) is 6.92 Å². The standard InChI is InChI=1S/C10H18F2N2O/c1-10(11,12)8-4-3-5-14(7-8)9(15)6-13-2/h8,13H,3-7H2,1-2H3. The molecule has 1 N–H and O–H groups in total. The number of rotatable bonds is 3. The molecule has 5 heteroatoms. The van der Waals surface area contributed by atoms with Gasteiger partial charge >= 0.3 is 0 Å². The van der Waals surface area contributed by atoms with Gasteiger partial charge < -0.3 is 10.2 Å². The van der Waals surface area contributed by atoms with E-state index in [4.69, 9.17) is 0 Å². The number of carbonyl (C=O) groups is 1. The Morgan fingerprint density at radius 1 is 1.60 bits per heavy atom. The number of amides is 1.